The summed E-state index contributed by atoms with van der Waals surface area (Å²) in [6.07, 6.45) is 6.47. The van der Waals surface area contributed by atoms with Crippen molar-refractivity contribution in [2.24, 2.45) is 0 Å². The molecule has 38 heavy (non-hydrogen) atoms. The van der Waals surface area contributed by atoms with Crippen LogP contribution in [0.2, 0.25) is 0 Å². The van der Waals surface area contributed by atoms with Gasteiger partial charge in [-0.05, 0) is 72.2 Å². The van der Waals surface area contributed by atoms with E-state index in [1.807, 2.05) is 12.1 Å². The van der Waals surface area contributed by atoms with Crippen LogP contribution < -0.4 is 5.32 Å². The van der Waals surface area contributed by atoms with E-state index in [9.17, 15) is 0 Å². The molecule has 0 aromatic heterocycles. The zero-order chi connectivity index (χ0) is 26.1. The fourth-order valence-electron chi connectivity index (χ4n) is 4.50. The molecule has 1 saturated heterocycles. The molecule has 6 rings (SSSR count). The topological polar surface area (TPSA) is 12.0 Å². The molecular formula is C37H39N. The van der Waals surface area contributed by atoms with Gasteiger partial charge in [0.05, 0.1) is 0 Å². The maximum atomic E-state index is 3.28. The van der Waals surface area contributed by atoms with Gasteiger partial charge in [0.1, 0.15) is 0 Å². The van der Waals surface area contributed by atoms with Crippen LogP contribution in [0.1, 0.15) is 30.4 Å². The summed E-state index contributed by atoms with van der Waals surface area (Å²) in [5, 5.41) is 3.28. The van der Waals surface area contributed by atoms with E-state index in [2.05, 4.69) is 139 Å². The van der Waals surface area contributed by atoms with Crippen molar-refractivity contribution in [3.8, 4) is 22.3 Å². The predicted octanol–water partition coefficient (Wildman–Crippen LogP) is 9.25. The first-order valence-corrected chi connectivity index (χ1v) is 13.9. The van der Waals surface area contributed by atoms with Crippen LogP contribution in [-0.2, 0) is 12.8 Å². The number of hydrogen-bond acceptors (Lipinski definition) is 1. The van der Waals surface area contributed by atoms with Crippen LogP contribution in [-0.4, -0.2) is 13.1 Å². The van der Waals surface area contributed by atoms with Crippen molar-refractivity contribution in [2.45, 2.75) is 32.1 Å². The van der Waals surface area contributed by atoms with Gasteiger partial charge in [0.25, 0.3) is 0 Å². The molecule has 0 spiro atoms. The van der Waals surface area contributed by atoms with Gasteiger partial charge >= 0.3 is 0 Å². The summed E-state index contributed by atoms with van der Waals surface area (Å²) in [4.78, 5) is 0. The minimum Gasteiger partial charge on any atom is -0.317 e. The Morgan fingerprint density at radius 1 is 0.342 bits per heavy atom. The molecular weight excluding hydrogens is 458 g/mol. The average molecular weight is 498 g/mol. The summed E-state index contributed by atoms with van der Waals surface area (Å²) >= 11 is 0. The van der Waals surface area contributed by atoms with Crippen molar-refractivity contribution < 1.29 is 0 Å². The molecule has 1 fully saturated rings. The molecule has 5 aromatic rings. The van der Waals surface area contributed by atoms with E-state index < -0.39 is 0 Å². The summed E-state index contributed by atoms with van der Waals surface area (Å²) in [5.74, 6) is 0. The number of aryl methyl sites for hydroxylation is 2. The monoisotopic (exact) mass is 497 g/mol. The second-order valence-electron chi connectivity index (χ2n) is 9.59. The second-order valence-corrected chi connectivity index (χ2v) is 9.59. The molecule has 0 saturated carbocycles. The standard InChI is InChI=1S/C18H14.C14H14.C5H11N/c1-3-7-15(8-4-1)17-11-13-18(14-12-17)16-9-5-2-6-10-16;1-3-7-13(8-4-1)11-12-14-9-5-2-6-10-14;1-2-4-6-5-3-1/h1-14H;1-10H,11-12H2;6H,1-5H2. The lowest BCUT2D eigenvalue weighted by Gasteiger charge is -2.08. The third-order valence-corrected chi connectivity index (χ3v) is 6.69. The number of rotatable bonds is 5. The lowest BCUT2D eigenvalue weighted by atomic mass is 10.0. The van der Waals surface area contributed by atoms with Crippen molar-refractivity contribution >= 4 is 0 Å². The molecule has 1 aliphatic heterocycles. The minimum atomic E-state index is 1.13. The van der Waals surface area contributed by atoms with Gasteiger partial charge in [0, 0.05) is 0 Å². The van der Waals surface area contributed by atoms with Crippen LogP contribution in [0.5, 0.6) is 0 Å². The Labute approximate surface area is 229 Å². The van der Waals surface area contributed by atoms with Crippen LogP contribution in [0, 0.1) is 0 Å². The van der Waals surface area contributed by atoms with E-state index in [1.54, 1.807) is 0 Å². The molecule has 0 bridgehead atoms. The summed E-state index contributed by atoms with van der Waals surface area (Å²) in [6, 6.07) is 50.9. The quantitative estimate of drug-likeness (QED) is 0.255. The summed E-state index contributed by atoms with van der Waals surface area (Å²) in [7, 11) is 0. The van der Waals surface area contributed by atoms with Crippen molar-refractivity contribution in [1.29, 1.82) is 0 Å². The molecule has 0 amide bonds. The summed E-state index contributed by atoms with van der Waals surface area (Å²) in [5.41, 5.74) is 7.87. The van der Waals surface area contributed by atoms with E-state index in [4.69, 9.17) is 0 Å². The highest BCUT2D eigenvalue weighted by Crippen LogP contribution is 2.24. The highest BCUT2D eigenvalue weighted by atomic mass is 14.9. The lowest BCUT2D eigenvalue weighted by Crippen LogP contribution is -2.21. The van der Waals surface area contributed by atoms with Crippen molar-refractivity contribution in [2.75, 3.05) is 13.1 Å². The molecule has 1 aliphatic rings. The van der Waals surface area contributed by atoms with Gasteiger partial charge in [0.2, 0.25) is 0 Å². The molecule has 0 atom stereocenters. The molecule has 1 heteroatoms. The van der Waals surface area contributed by atoms with Gasteiger partial charge in [-0.15, -0.1) is 0 Å². The number of hydrogen-bond donors (Lipinski definition) is 1. The van der Waals surface area contributed by atoms with Crippen molar-refractivity contribution in [3.63, 3.8) is 0 Å². The van der Waals surface area contributed by atoms with Gasteiger partial charge < -0.3 is 5.32 Å². The second kappa shape index (κ2) is 16.0. The summed E-state index contributed by atoms with van der Waals surface area (Å²) < 4.78 is 0. The lowest BCUT2D eigenvalue weighted by molar-refractivity contribution is 0.520. The third kappa shape index (κ3) is 9.50. The van der Waals surface area contributed by atoms with E-state index >= 15 is 0 Å². The van der Waals surface area contributed by atoms with Gasteiger partial charge in [0.15, 0.2) is 0 Å². The highest BCUT2D eigenvalue weighted by Gasteiger charge is 1.99. The Kier molecular flexibility index (Phi) is 11.4. The molecule has 192 valence electrons. The van der Waals surface area contributed by atoms with Crippen molar-refractivity contribution in [1.82, 2.24) is 5.32 Å². The Balaban J connectivity index is 0.000000149. The van der Waals surface area contributed by atoms with Gasteiger partial charge in [-0.2, -0.15) is 0 Å². The normalized spacial score (nSPS) is 12.3. The molecule has 0 aliphatic carbocycles. The van der Waals surface area contributed by atoms with Gasteiger partial charge in [-0.1, -0.05) is 152 Å². The van der Waals surface area contributed by atoms with Crippen LogP contribution in [0.4, 0.5) is 0 Å². The maximum Gasteiger partial charge on any atom is -0.00489 e. The number of benzene rings is 5. The van der Waals surface area contributed by atoms with Crippen LogP contribution in [0.3, 0.4) is 0 Å². The predicted molar refractivity (Wildman–Crippen MR) is 164 cm³/mol. The van der Waals surface area contributed by atoms with Gasteiger partial charge in [-0.25, -0.2) is 0 Å². The molecule has 0 unspecified atom stereocenters. The van der Waals surface area contributed by atoms with Gasteiger partial charge in [-0.3, -0.25) is 0 Å². The molecule has 1 heterocycles. The van der Waals surface area contributed by atoms with Crippen molar-refractivity contribution in [3.05, 3.63) is 157 Å². The molecule has 1 N–H and O–H groups in total. The molecule has 5 aromatic carbocycles. The number of piperidine rings is 1. The summed E-state index contributed by atoms with van der Waals surface area (Å²) in [6.45, 7) is 2.50. The van der Waals surface area contributed by atoms with E-state index in [0.717, 1.165) is 12.8 Å². The van der Waals surface area contributed by atoms with E-state index in [1.165, 1.54) is 65.7 Å². The fraction of sp³-hybridized carbons (Fsp3) is 0.189. The van der Waals surface area contributed by atoms with Crippen LogP contribution in [0.25, 0.3) is 22.3 Å². The fourth-order valence-corrected chi connectivity index (χ4v) is 4.50. The first-order valence-electron chi connectivity index (χ1n) is 13.9. The molecule has 1 nitrogen and oxygen atoms in total. The zero-order valence-corrected chi connectivity index (χ0v) is 22.3. The van der Waals surface area contributed by atoms with E-state index in [-0.39, 0.29) is 0 Å². The SMILES string of the molecule is C1CCNCC1.c1ccc(-c2ccc(-c3ccccc3)cc2)cc1.c1ccc(CCc2ccccc2)cc1. The number of nitrogens with one attached hydrogen (secondary N) is 1. The molecule has 0 radical (unpaired) electrons. The Hall–Kier alpha value is -3.94. The Bertz CT molecular complexity index is 1150. The van der Waals surface area contributed by atoms with Crippen LogP contribution in [0.15, 0.2) is 146 Å². The largest absolute Gasteiger partial charge is 0.317 e. The highest BCUT2D eigenvalue weighted by molar-refractivity contribution is 5.70. The minimum absolute atomic E-state index is 1.13. The first kappa shape index (κ1) is 27.1. The first-order chi connectivity index (χ1) is 18.9. The maximum absolute atomic E-state index is 3.28. The Morgan fingerprint density at radius 2 is 0.658 bits per heavy atom. The van der Waals surface area contributed by atoms with Crippen LogP contribution >= 0.6 is 0 Å². The Morgan fingerprint density at radius 3 is 0.947 bits per heavy atom. The average Bonchev–Trinajstić information content (AvgIpc) is 3.03. The third-order valence-electron chi connectivity index (χ3n) is 6.69. The zero-order valence-electron chi connectivity index (χ0n) is 22.3. The smallest absolute Gasteiger partial charge is 0.00489 e. The van der Waals surface area contributed by atoms with E-state index in [0.29, 0.717) is 0 Å².